The van der Waals surface area contributed by atoms with E-state index in [1.165, 1.54) is 36.4 Å². The van der Waals surface area contributed by atoms with E-state index in [0.717, 1.165) is 12.1 Å². The molecule has 1 aliphatic rings. The maximum Gasteiger partial charge on any atom is 0.573 e. The summed E-state index contributed by atoms with van der Waals surface area (Å²) in [6.45, 7) is 2.02. The molecule has 0 radical (unpaired) electrons. The van der Waals surface area contributed by atoms with Gasteiger partial charge in [0.25, 0.3) is 5.91 Å². The van der Waals surface area contributed by atoms with Crippen LogP contribution in [0.2, 0.25) is 0 Å². The van der Waals surface area contributed by atoms with Crippen LogP contribution >= 0.6 is 49.1 Å². The first kappa shape index (κ1) is 39.9. The standard InChI is InChI=1S/C27H31F3N4O8S.CH3I3/c1-39-18-16-34-14-12-26(13-15-34,25(35)32-36)43(37,38)22-10-8-20(9-11-22)40-17-2-3-23-31-24(33-42-23)19-4-6-21(7-5-19)41-27(28,29)30;1-4(2)3/h4-11,36H,2-3,12-18H2,1H3,(H,32,35);1H3. The SMILES string of the molecule is CI(I)I.COCCN1CCC(C(=O)NO)(S(=O)(=O)c2ccc(OCCCc3nc(-c4ccc(OC(F)(F)F)cc4)no3)cc2)CC1. The fraction of sp³-hybridized carbons (Fsp3) is 0.464. The third-order valence-corrected chi connectivity index (χ3v) is 9.57. The number of piperidine rings is 1. The first-order chi connectivity index (χ1) is 22.2. The summed E-state index contributed by atoms with van der Waals surface area (Å²) in [6, 6.07) is 10.8. The van der Waals surface area contributed by atoms with Crippen molar-refractivity contribution < 1.29 is 50.3 Å². The van der Waals surface area contributed by atoms with Gasteiger partial charge in [-0.25, -0.2) is 13.9 Å². The topological polar surface area (TPSA) is 153 Å². The third-order valence-electron chi connectivity index (χ3n) is 7.06. The summed E-state index contributed by atoms with van der Waals surface area (Å²) in [7, 11) is -2.59. The van der Waals surface area contributed by atoms with E-state index in [1.807, 2.05) is 4.90 Å². The zero-order valence-corrected chi connectivity index (χ0v) is 32.6. The Kier molecular flexibility index (Phi) is 15.7. The maximum atomic E-state index is 13.6. The van der Waals surface area contributed by atoms with Crippen molar-refractivity contribution in [2.45, 2.75) is 41.7 Å². The van der Waals surface area contributed by atoms with Crippen molar-refractivity contribution in [3.05, 3.63) is 54.4 Å². The van der Waals surface area contributed by atoms with Gasteiger partial charge in [-0.15, -0.1) is 13.2 Å². The molecule has 0 spiro atoms. The summed E-state index contributed by atoms with van der Waals surface area (Å²) in [6.07, 6.45) is -3.93. The summed E-state index contributed by atoms with van der Waals surface area (Å²) >= 11 is 4.65. The molecule has 1 fully saturated rings. The molecule has 0 bridgehead atoms. The zero-order chi connectivity index (χ0) is 34.7. The molecule has 0 atom stereocenters. The van der Waals surface area contributed by atoms with Crippen LogP contribution in [0.15, 0.2) is 57.9 Å². The van der Waals surface area contributed by atoms with Gasteiger partial charge in [0.05, 0.1) is 18.1 Å². The fourth-order valence-electron chi connectivity index (χ4n) is 4.71. The molecular weight excluding hydrogens is 990 g/mol. The molecule has 4 rings (SSSR count). The molecular formula is C28H34F3I3N4O8S. The predicted molar refractivity (Wildman–Crippen MR) is 192 cm³/mol. The Morgan fingerprint density at radius 3 is 2.23 bits per heavy atom. The van der Waals surface area contributed by atoms with Crippen LogP contribution < -0.4 is 15.0 Å². The van der Waals surface area contributed by atoms with E-state index in [9.17, 15) is 31.6 Å². The van der Waals surface area contributed by atoms with Crippen molar-refractivity contribution in [3.63, 3.8) is 0 Å². The normalized spacial score (nSPS) is 15.3. The minimum atomic E-state index is -4.79. The number of amides is 1. The number of nitrogens with one attached hydrogen (secondary N) is 1. The van der Waals surface area contributed by atoms with Gasteiger partial charge in [-0.3, -0.25) is 10.0 Å². The van der Waals surface area contributed by atoms with Crippen LogP contribution in [0.3, 0.4) is 0 Å². The molecule has 2 aromatic carbocycles. The van der Waals surface area contributed by atoms with Crippen molar-refractivity contribution >= 4 is 64.8 Å². The number of aryl methyl sites for hydroxylation is 1. The van der Waals surface area contributed by atoms with Gasteiger partial charge in [0.15, 0.2) is 14.6 Å². The summed E-state index contributed by atoms with van der Waals surface area (Å²) in [5, 5.41) is 13.2. The number of methoxy groups -OCH3 is 1. The number of benzene rings is 2. The van der Waals surface area contributed by atoms with Crippen molar-refractivity contribution in [2.75, 3.05) is 44.9 Å². The molecule has 0 aliphatic carbocycles. The molecule has 1 amide bonds. The monoisotopic (exact) mass is 1020 g/mol. The first-order valence-electron chi connectivity index (χ1n) is 14.0. The van der Waals surface area contributed by atoms with Gasteiger partial charge in [0.2, 0.25) is 11.7 Å². The molecule has 262 valence electrons. The Bertz CT molecular complexity index is 1520. The molecule has 47 heavy (non-hydrogen) atoms. The van der Waals surface area contributed by atoms with Gasteiger partial charge in [-0.1, -0.05) is 5.16 Å². The van der Waals surface area contributed by atoms with Crippen molar-refractivity contribution in [1.82, 2.24) is 20.5 Å². The van der Waals surface area contributed by atoms with Gasteiger partial charge < -0.3 is 23.6 Å². The van der Waals surface area contributed by atoms with Crippen molar-refractivity contribution in [2.24, 2.45) is 0 Å². The Labute approximate surface area is 297 Å². The molecule has 0 saturated carbocycles. The minimum Gasteiger partial charge on any atom is -0.494 e. The van der Waals surface area contributed by atoms with E-state index < -0.39 is 26.9 Å². The van der Waals surface area contributed by atoms with E-state index >= 15 is 0 Å². The number of sulfone groups is 1. The van der Waals surface area contributed by atoms with E-state index in [0.29, 0.717) is 56.3 Å². The van der Waals surface area contributed by atoms with Gasteiger partial charge in [0, 0.05) is 38.7 Å². The van der Waals surface area contributed by atoms with Crippen molar-refractivity contribution in [3.8, 4) is 22.9 Å². The Morgan fingerprint density at radius 2 is 1.68 bits per heavy atom. The van der Waals surface area contributed by atoms with Crippen molar-refractivity contribution in [1.29, 1.82) is 0 Å². The van der Waals surface area contributed by atoms with Gasteiger partial charge in [-0.2, -0.15) is 4.98 Å². The summed E-state index contributed by atoms with van der Waals surface area (Å²) in [4.78, 5) is 21.1. The quantitative estimate of drug-likeness (QED) is 0.0659. The van der Waals surface area contributed by atoms with E-state index in [4.69, 9.17) is 14.0 Å². The summed E-state index contributed by atoms with van der Waals surface area (Å²) < 4.78 is 82.2. The number of halogens is 6. The van der Waals surface area contributed by atoms with Crippen LogP contribution in [0.25, 0.3) is 11.4 Å². The van der Waals surface area contributed by atoms with Gasteiger partial charge >= 0.3 is 60.4 Å². The number of hydrogen-bond donors (Lipinski definition) is 2. The number of rotatable bonds is 13. The number of carbonyl (C=O) groups excluding carboxylic acids is 1. The van der Waals surface area contributed by atoms with Gasteiger partial charge in [-0.05, 0) is 67.8 Å². The Hall–Kier alpha value is -1.54. The Morgan fingerprint density at radius 1 is 1.09 bits per heavy atom. The molecule has 1 aliphatic heterocycles. The molecule has 1 saturated heterocycles. The molecule has 3 aromatic rings. The molecule has 2 N–H and O–H groups in total. The number of hydrogen-bond acceptors (Lipinski definition) is 11. The zero-order valence-electron chi connectivity index (χ0n) is 25.3. The largest absolute Gasteiger partial charge is 0.573 e. The van der Waals surface area contributed by atoms with E-state index in [-0.39, 0.29) is 47.8 Å². The number of nitrogens with zero attached hydrogens (tertiary/aromatic N) is 3. The van der Waals surface area contributed by atoms with E-state index in [1.54, 1.807) is 12.6 Å². The van der Waals surface area contributed by atoms with E-state index in [2.05, 4.69) is 57.0 Å². The second-order valence-corrected chi connectivity index (χ2v) is 41.2. The second kappa shape index (κ2) is 18.5. The van der Waals surface area contributed by atoms with Crippen LogP contribution in [0, 0.1) is 0 Å². The number of aromatic nitrogens is 2. The number of hydroxylamine groups is 1. The fourth-order valence-corrected chi connectivity index (χ4v) is 6.67. The third kappa shape index (κ3) is 11.8. The summed E-state index contributed by atoms with van der Waals surface area (Å²) in [5.41, 5.74) is 1.99. The number of likely N-dealkylation sites (tertiary alicyclic amines) is 1. The number of ether oxygens (including phenoxy) is 3. The first-order valence-corrected chi connectivity index (χ1v) is 30.2. The summed E-state index contributed by atoms with van der Waals surface area (Å²) in [5.74, 6) is -0.412. The molecule has 2 heterocycles. The minimum absolute atomic E-state index is 0.0128. The van der Waals surface area contributed by atoms with Crippen LogP contribution in [-0.2, 0) is 25.8 Å². The predicted octanol–water partition coefficient (Wildman–Crippen LogP) is 6.23. The second-order valence-electron chi connectivity index (χ2n) is 10.1. The number of alkyl halides is 4. The maximum absolute atomic E-state index is 13.6. The van der Waals surface area contributed by atoms with Crippen LogP contribution in [-0.4, -0.2) is 90.6 Å². The molecule has 12 nitrogen and oxygen atoms in total. The number of carbonyl (C=O) groups is 1. The molecule has 0 unspecified atom stereocenters. The molecule has 19 heteroatoms. The molecule has 1 aromatic heterocycles. The van der Waals surface area contributed by atoms with Crippen LogP contribution in [0.1, 0.15) is 25.2 Å². The Balaban J connectivity index is 0.00000142. The van der Waals surface area contributed by atoms with Gasteiger partial charge in [0.1, 0.15) is 11.5 Å². The average molecular weight is 1020 g/mol. The average Bonchev–Trinajstić information content (AvgIpc) is 3.50. The van der Waals surface area contributed by atoms with Crippen LogP contribution in [0.4, 0.5) is 13.2 Å². The smallest absolute Gasteiger partial charge is 0.494 e. The van der Waals surface area contributed by atoms with Crippen LogP contribution in [0.5, 0.6) is 11.5 Å².